The van der Waals surface area contributed by atoms with Gasteiger partial charge in [-0.05, 0) is 45.4 Å². The van der Waals surface area contributed by atoms with Gasteiger partial charge in [0.1, 0.15) is 19.5 Å². The van der Waals surface area contributed by atoms with Crippen LogP contribution in [0.2, 0.25) is 0 Å². The molecule has 1 aromatic carbocycles. The van der Waals surface area contributed by atoms with Crippen LogP contribution in [0.3, 0.4) is 0 Å². The first-order valence-corrected chi connectivity index (χ1v) is 10.1. The van der Waals surface area contributed by atoms with E-state index in [4.69, 9.17) is 9.47 Å². The SMILES string of the molecule is CNC1CC(C)NC(Nc2cc3c(c(C4=CCNCCC4)c2F)OCCO3)N1. The monoisotopic (exact) mass is 391 g/mol. The van der Waals surface area contributed by atoms with Gasteiger partial charge in [0.05, 0.1) is 17.4 Å². The van der Waals surface area contributed by atoms with Crippen LogP contribution in [0.15, 0.2) is 12.1 Å². The molecule has 0 spiro atoms. The van der Waals surface area contributed by atoms with Crippen LogP contribution in [-0.4, -0.2) is 51.8 Å². The number of hydrogen-bond donors (Lipinski definition) is 5. The second-order valence-corrected chi connectivity index (χ2v) is 7.56. The van der Waals surface area contributed by atoms with Gasteiger partial charge < -0.3 is 25.4 Å². The number of ether oxygens (including phenoxy) is 2. The van der Waals surface area contributed by atoms with Gasteiger partial charge in [-0.25, -0.2) is 4.39 Å². The number of rotatable bonds is 4. The Labute approximate surface area is 165 Å². The van der Waals surface area contributed by atoms with E-state index in [0.29, 0.717) is 42.0 Å². The molecule has 4 rings (SSSR count). The molecule has 0 radical (unpaired) electrons. The standard InChI is InChI=1S/C20H30FN5O2/c1-12-10-16(22-2)26-20(24-12)25-14-11-15-19(28-9-8-27-15)17(18(14)21)13-4-3-6-23-7-5-13/h5,11-12,16,20,22-26H,3-4,6-10H2,1-2H3. The third-order valence-corrected chi connectivity index (χ3v) is 5.44. The zero-order valence-electron chi connectivity index (χ0n) is 16.5. The highest BCUT2D eigenvalue weighted by molar-refractivity contribution is 5.78. The van der Waals surface area contributed by atoms with Crippen molar-refractivity contribution >= 4 is 11.3 Å². The van der Waals surface area contributed by atoms with E-state index >= 15 is 4.39 Å². The van der Waals surface area contributed by atoms with E-state index in [1.165, 1.54) is 0 Å². The van der Waals surface area contributed by atoms with E-state index in [1.54, 1.807) is 6.07 Å². The van der Waals surface area contributed by atoms with Gasteiger partial charge in [-0.1, -0.05) is 6.08 Å². The molecular weight excluding hydrogens is 361 g/mol. The molecule has 1 saturated heterocycles. The Morgan fingerprint density at radius 3 is 2.93 bits per heavy atom. The Kier molecular flexibility index (Phi) is 6.01. The lowest BCUT2D eigenvalue weighted by molar-refractivity contribution is 0.170. The summed E-state index contributed by atoms with van der Waals surface area (Å²) < 4.78 is 27.3. The molecule has 0 amide bonds. The smallest absolute Gasteiger partial charge is 0.171 e. The molecule has 154 valence electrons. The average Bonchev–Trinajstić information content (AvgIpc) is 2.97. The maximum atomic E-state index is 15.7. The Balaban J connectivity index is 1.68. The maximum absolute atomic E-state index is 15.7. The number of allylic oxidation sites excluding steroid dienone is 1. The molecular formula is C20H30FN5O2. The minimum atomic E-state index is -0.291. The van der Waals surface area contributed by atoms with Crippen molar-refractivity contribution in [2.24, 2.45) is 0 Å². The first-order valence-electron chi connectivity index (χ1n) is 10.1. The van der Waals surface area contributed by atoms with Crippen molar-refractivity contribution in [2.75, 3.05) is 38.7 Å². The minimum Gasteiger partial charge on any atom is -0.486 e. The van der Waals surface area contributed by atoms with Crippen molar-refractivity contribution in [3.8, 4) is 11.5 Å². The third kappa shape index (κ3) is 4.10. The van der Waals surface area contributed by atoms with Crippen molar-refractivity contribution < 1.29 is 13.9 Å². The minimum absolute atomic E-state index is 0.157. The molecule has 8 heteroatoms. The molecule has 3 heterocycles. The second-order valence-electron chi connectivity index (χ2n) is 7.56. The summed E-state index contributed by atoms with van der Waals surface area (Å²) in [6, 6.07) is 2.01. The summed E-state index contributed by atoms with van der Waals surface area (Å²) in [5.74, 6) is 0.825. The van der Waals surface area contributed by atoms with E-state index in [2.05, 4.69) is 39.6 Å². The lowest BCUT2D eigenvalue weighted by atomic mass is 9.98. The average molecular weight is 391 g/mol. The zero-order valence-corrected chi connectivity index (χ0v) is 16.5. The lowest BCUT2D eigenvalue weighted by Gasteiger charge is -2.37. The van der Waals surface area contributed by atoms with Crippen molar-refractivity contribution in [3.63, 3.8) is 0 Å². The number of nitrogens with one attached hydrogen (secondary N) is 5. The van der Waals surface area contributed by atoms with Gasteiger partial charge in [-0.2, -0.15) is 0 Å². The lowest BCUT2D eigenvalue weighted by Crippen LogP contribution is -2.63. The molecule has 3 atom stereocenters. The predicted octanol–water partition coefficient (Wildman–Crippen LogP) is 1.58. The van der Waals surface area contributed by atoms with E-state index in [1.807, 2.05) is 7.05 Å². The number of hydrogen-bond acceptors (Lipinski definition) is 7. The molecule has 1 fully saturated rings. The van der Waals surface area contributed by atoms with Gasteiger partial charge in [-0.3, -0.25) is 10.6 Å². The number of anilines is 1. The summed E-state index contributed by atoms with van der Waals surface area (Å²) >= 11 is 0. The van der Waals surface area contributed by atoms with Gasteiger partial charge in [0.25, 0.3) is 0 Å². The Hall–Kier alpha value is -1.87. The molecule has 0 aromatic heterocycles. The number of benzene rings is 1. The topological polar surface area (TPSA) is 78.6 Å². The van der Waals surface area contributed by atoms with Gasteiger partial charge in [0, 0.05) is 18.7 Å². The predicted molar refractivity (Wildman–Crippen MR) is 108 cm³/mol. The van der Waals surface area contributed by atoms with E-state index in [0.717, 1.165) is 37.9 Å². The van der Waals surface area contributed by atoms with Gasteiger partial charge >= 0.3 is 0 Å². The fourth-order valence-corrected chi connectivity index (χ4v) is 4.05. The third-order valence-electron chi connectivity index (χ3n) is 5.44. The molecule has 0 aliphatic carbocycles. The summed E-state index contributed by atoms with van der Waals surface area (Å²) in [5, 5.41) is 16.7. The number of halogens is 1. The molecule has 0 saturated carbocycles. The molecule has 7 nitrogen and oxygen atoms in total. The van der Waals surface area contributed by atoms with Gasteiger partial charge in [0.15, 0.2) is 17.3 Å². The highest BCUT2D eigenvalue weighted by atomic mass is 19.1. The van der Waals surface area contributed by atoms with Crippen LogP contribution in [-0.2, 0) is 0 Å². The molecule has 3 unspecified atom stereocenters. The Morgan fingerprint density at radius 1 is 1.21 bits per heavy atom. The fraction of sp³-hybridized carbons (Fsp3) is 0.600. The van der Waals surface area contributed by atoms with Crippen molar-refractivity contribution in [2.45, 2.75) is 44.7 Å². The first kappa shape index (κ1) is 19.4. The largest absolute Gasteiger partial charge is 0.486 e. The summed E-state index contributed by atoms with van der Waals surface area (Å²) in [6.07, 6.45) is 4.68. The fourth-order valence-electron chi connectivity index (χ4n) is 4.05. The second kappa shape index (κ2) is 8.65. The van der Waals surface area contributed by atoms with Crippen molar-refractivity contribution in [1.29, 1.82) is 0 Å². The molecule has 3 aliphatic rings. The molecule has 1 aromatic rings. The summed E-state index contributed by atoms with van der Waals surface area (Å²) in [5.41, 5.74) is 1.91. The Bertz CT molecular complexity index is 742. The Morgan fingerprint density at radius 2 is 2.07 bits per heavy atom. The molecule has 28 heavy (non-hydrogen) atoms. The summed E-state index contributed by atoms with van der Waals surface area (Å²) in [7, 11) is 1.92. The highest BCUT2D eigenvalue weighted by Gasteiger charge is 2.29. The summed E-state index contributed by atoms with van der Waals surface area (Å²) in [6.45, 7) is 4.68. The van der Waals surface area contributed by atoms with Crippen LogP contribution < -0.4 is 36.1 Å². The maximum Gasteiger partial charge on any atom is 0.171 e. The molecule has 5 N–H and O–H groups in total. The van der Waals surface area contributed by atoms with Gasteiger partial charge in [0.2, 0.25) is 0 Å². The van der Waals surface area contributed by atoms with Crippen LogP contribution in [0, 0.1) is 5.82 Å². The van der Waals surface area contributed by atoms with Crippen LogP contribution in [0.25, 0.3) is 5.57 Å². The van der Waals surface area contributed by atoms with Crippen LogP contribution in [0.4, 0.5) is 10.1 Å². The van der Waals surface area contributed by atoms with E-state index in [9.17, 15) is 0 Å². The molecule has 3 aliphatic heterocycles. The number of fused-ring (bicyclic) bond motifs is 1. The van der Waals surface area contributed by atoms with Crippen LogP contribution >= 0.6 is 0 Å². The van der Waals surface area contributed by atoms with Crippen molar-refractivity contribution in [1.82, 2.24) is 21.3 Å². The highest BCUT2D eigenvalue weighted by Crippen LogP contribution is 2.44. The zero-order chi connectivity index (χ0) is 19.5. The molecule has 0 bridgehead atoms. The van der Waals surface area contributed by atoms with Gasteiger partial charge in [-0.15, -0.1) is 0 Å². The normalized spacial score (nSPS) is 27.7. The van der Waals surface area contributed by atoms with E-state index in [-0.39, 0.29) is 18.3 Å². The first-order chi connectivity index (χ1) is 13.7. The summed E-state index contributed by atoms with van der Waals surface area (Å²) in [4.78, 5) is 0. The quantitative estimate of drug-likeness (QED) is 0.533. The van der Waals surface area contributed by atoms with Crippen LogP contribution in [0.5, 0.6) is 11.5 Å². The van der Waals surface area contributed by atoms with Crippen molar-refractivity contribution in [3.05, 3.63) is 23.5 Å². The van der Waals surface area contributed by atoms with Crippen LogP contribution in [0.1, 0.15) is 31.7 Å². The van der Waals surface area contributed by atoms with E-state index < -0.39 is 0 Å².